The van der Waals surface area contributed by atoms with Crippen molar-refractivity contribution < 1.29 is 13.5 Å². The van der Waals surface area contributed by atoms with E-state index in [1.165, 1.54) is 16.6 Å². The molecule has 1 N–H and O–H groups in total. The highest BCUT2D eigenvalue weighted by atomic mass is 32.2. The molecule has 0 saturated carbocycles. The first-order valence-corrected chi connectivity index (χ1v) is 10.2. The molecule has 1 aliphatic rings. The molecular weight excluding hydrogens is 332 g/mol. The number of rotatable bonds is 5. The smallest absolute Gasteiger partial charge is 0.199 e. The van der Waals surface area contributed by atoms with Gasteiger partial charge in [-0.3, -0.25) is 0 Å². The summed E-state index contributed by atoms with van der Waals surface area (Å²) in [4.78, 5) is 0.306. The SMILES string of the molecule is CC1=C(C/C=C(C)/C=C/S(=O)(=O)c2ccccc2)C(C)(C)C[C@H](O)C1. The molecule has 136 valence electrons. The summed E-state index contributed by atoms with van der Waals surface area (Å²) in [7, 11) is -3.41. The average molecular weight is 361 g/mol. The van der Waals surface area contributed by atoms with Crippen LogP contribution in [0.5, 0.6) is 0 Å². The molecule has 0 amide bonds. The van der Waals surface area contributed by atoms with Crippen molar-refractivity contribution in [2.75, 3.05) is 0 Å². The third-order valence-electron chi connectivity index (χ3n) is 4.83. The Bertz CT molecular complexity index is 797. The van der Waals surface area contributed by atoms with Crippen molar-refractivity contribution >= 4 is 9.84 Å². The second kappa shape index (κ2) is 7.71. The molecule has 1 aliphatic carbocycles. The van der Waals surface area contributed by atoms with Crippen molar-refractivity contribution in [3.8, 4) is 0 Å². The summed E-state index contributed by atoms with van der Waals surface area (Å²) in [6.45, 7) is 8.32. The summed E-state index contributed by atoms with van der Waals surface area (Å²) in [6.07, 6.45) is 5.74. The van der Waals surface area contributed by atoms with E-state index in [1.807, 2.05) is 6.92 Å². The summed E-state index contributed by atoms with van der Waals surface area (Å²) in [5.41, 5.74) is 3.48. The lowest BCUT2D eigenvalue weighted by Gasteiger charge is -2.37. The van der Waals surface area contributed by atoms with Crippen LogP contribution in [0.2, 0.25) is 0 Å². The maximum Gasteiger partial charge on any atom is 0.199 e. The first kappa shape index (κ1) is 19.7. The topological polar surface area (TPSA) is 54.4 Å². The number of aliphatic hydroxyl groups excluding tert-OH is 1. The monoisotopic (exact) mass is 360 g/mol. The molecule has 0 spiro atoms. The predicted molar refractivity (Wildman–Crippen MR) is 103 cm³/mol. The van der Waals surface area contributed by atoms with Gasteiger partial charge in [0, 0.05) is 5.41 Å². The second-order valence-corrected chi connectivity index (χ2v) is 9.35. The van der Waals surface area contributed by atoms with Crippen molar-refractivity contribution in [2.24, 2.45) is 5.41 Å². The molecule has 3 nitrogen and oxygen atoms in total. The fraction of sp³-hybridized carbons (Fsp3) is 0.429. The van der Waals surface area contributed by atoms with Gasteiger partial charge >= 0.3 is 0 Å². The summed E-state index contributed by atoms with van der Waals surface area (Å²) in [6, 6.07) is 8.44. The van der Waals surface area contributed by atoms with Crippen LogP contribution >= 0.6 is 0 Å². The van der Waals surface area contributed by atoms with Gasteiger partial charge in [0.2, 0.25) is 0 Å². The fourth-order valence-electron chi connectivity index (χ4n) is 3.51. The molecule has 2 rings (SSSR count). The molecule has 0 saturated heterocycles. The van der Waals surface area contributed by atoms with Gasteiger partial charge in [0.25, 0.3) is 0 Å². The molecule has 1 atom stereocenters. The van der Waals surface area contributed by atoms with Crippen LogP contribution in [0.4, 0.5) is 0 Å². The van der Waals surface area contributed by atoms with Crippen molar-refractivity contribution in [2.45, 2.75) is 58.0 Å². The molecule has 1 aromatic carbocycles. The Morgan fingerprint density at radius 1 is 1.28 bits per heavy atom. The van der Waals surface area contributed by atoms with Gasteiger partial charge in [0.15, 0.2) is 9.84 Å². The Morgan fingerprint density at radius 3 is 2.52 bits per heavy atom. The molecule has 0 radical (unpaired) electrons. The number of sulfone groups is 1. The van der Waals surface area contributed by atoms with Gasteiger partial charge in [-0.05, 0) is 56.7 Å². The van der Waals surface area contributed by atoms with E-state index in [2.05, 4.69) is 26.8 Å². The largest absolute Gasteiger partial charge is 0.393 e. The van der Waals surface area contributed by atoms with Crippen molar-refractivity contribution in [3.05, 3.63) is 64.6 Å². The standard InChI is InChI=1S/C21H28O3S/c1-16(12-13-25(23,24)19-8-6-5-7-9-19)10-11-20-17(2)14-18(22)15-21(20,3)4/h5-10,12-13,18,22H,11,14-15H2,1-4H3/b13-12+,16-10+/t18-/m1/s1. The number of hydrogen-bond donors (Lipinski definition) is 1. The minimum Gasteiger partial charge on any atom is -0.393 e. The highest BCUT2D eigenvalue weighted by Gasteiger charge is 2.31. The van der Waals surface area contributed by atoms with E-state index in [4.69, 9.17) is 0 Å². The van der Waals surface area contributed by atoms with E-state index in [-0.39, 0.29) is 11.5 Å². The van der Waals surface area contributed by atoms with Crippen molar-refractivity contribution in [1.29, 1.82) is 0 Å². The van der Waals surface area contributed by atoms with Crippen LogP contribution in [0.3, 0.4) is 0 Å². The van der Waals surface area contributed by atoms with Crippen LogP contribution in [-0.2, 0) is 9.84 Å². The lowest BCUT2D eigenvalue weighted by molar-refractivity contribution is 0.114. The first-order chi connectivity index (χ1) is 11.6. The van der Waals surface area contributed by atoms with E-state index >= 15 is 0 Å². The maximum atomic E-state index is 12.3. The van der Waals surface area contributed by atoms with E-state index in [0.29, 0.717) is 4.90 Å². The third kappa shape index (κ3) is 5.16. The van der Waals surface area contributed by atoms with Crippen LogP contribution in [0.25, 0.3) is 0 Å². The van der Waals surface area contributed by atoms with Gasteiger partial charge in [0.1, 0.15) is 0 Å². The number of aliphatic hydroxyl groups is 1. The lowest BCUT2D eigenvalue weighted by Crippen LogP contribution is -2.28. The zero-order valence-corrected chi connectivity index (χ0v) is 16.3. The van der Waals surface area contributed by atoms with Gasteiger partial charge in [0.05, 0.1) is 11.0 Å². The van der Waals surface area contributed by atoms with Crippen molar-refractivity contribution in [1.82, 2.24) is 0 Å². The van der Waals surface area contributed by atoms with Gasteiger partial charge in [-0.25, -0.2) is 8.42 Å². The molecule has 1 aromatic rings. The minimum absolute atomic E-state index is 0.0294. The Labute approximate surface area is 151 Å². The molecule has 0 heterocycles. The quantitative estimate of drug-likeness (QED) is 0.606. The summed E-state index contributed by atoms with van der Waals surface area (Å²) in [5, 5.41) is 11.2. The number of benzene rings is 1. The van der Waals surface area contributed by atoms with E-state index < -0.39 is 9.84 Å². The molecule has 4 heteroatoms. The van der Waals surface area contributed by atoms with Gasteiger partial charge in [-0.15, -0.1) is 0 Å². The highest BCUT2D eigenvalue weighted by molar-refractivity contribution is 7.94. The molecule has 0 unspecified atom stereocenters. The van der Waals surface area contributed by atoms with Crippen LogP contribution < -0.4 is 0 Å². The molecule has 0 aromatic heterocycles. The van der Waals surface area contributed by atoms with Gasteiger partial charge < -0.3 is 5.11 Å². The molecule has 0 aliphatic heterocycles. The van der Waals surface area contributed by atoms with Crippen LogP contribution in [0, 0.1) is 5.41 Å². The summed E-state index contributed by atoms with van der Waals surface area (Å²) in [5.74, 6) is 0. The summed E-state index contributed by atoms with van der Waals surface area (Å²) < 4.78 is 24.6. The Kier molecular flexibility index (Phi) is 6.07. The normalized spacial score (nSPS) is 21.8. The summed E-state index contributed by atoms with van der Waals surface area (Å²) >= 11 is 0. The van der Waals surface area contributed by atoms with E-state index in [0.717, 1.165) is 24.8 Å². The molecule has 0 fully saturated rings. The van der Waals surface area contributed by atoms with E-state index in [1.54, 1.807) is 36.4 Å². The minimum atomic E-state index is -3.41. The third-order valence-corrected chi connectivity index (χ3v) is 6.25. The Morgan fingerprint density at radius 2 is 1.92 bits per heavy atom. The second-order valence-electron chi connectivity index (χ2n) is 7.52. The van der Waals surface area contributed by atoms with E-state index in [9.17, 15) is 13.5 Å². The molecule has 0 bridgehead atoms. The lowest BCUT2D eigenvalue weighted by atomic mass is 9.70. The molecule has 25 heavy (non-hydrogen) atoms. The number of hydrogen-bond acceptors (Lipinski definition) is 3. The number of allylic oxidation sites excluding steroid dienone is 4. The van der Waals surface area contributed by atoms with Crippen LogP contribution in [0.1, 0.15) is 47.0 Å². The Balaban J connectivity index is 2.13. The zero-order chi connectivity index (χ0) is 18.7. The fourth-order valence-corrected chi connectivity index (χ4v) is 4.59. The average Bonchev–Trinajstić information content (AvgIpc) is 2.52. The molecular formula is C21H28O3S. The highest BCUT2D eigenvalue weighted by Crippen LogP contribution is 2.42. The van der Waals surface area contributed by atoms with Crippen LogP contribution in [-0.4, -0.2) is 19.6 Å². The van der Waals surface area contributed by atoms with Crippen LogP contribution in [0.15, 0.2) is 69.5 Å². The van der Waals surface area contributed by atoms with Gasteiger partial charge in [-0.2, -0.15) is 0 Å². The Hall–Kier alpha value is -1.65. The predicted octanol–water partition coefficient (Wildman–Crippen LogP) is 4.81. The van der Waals surface area contributed by atoms with Gasteiger partial charge in [-0.1, -0.05) is 54.8 Å². The first-order valence-electron chi connectivity index (χ1n) is 8.64. The maximum absolute atomic E-state index is 12.3. The van der Waals surface area contributed by atoms with Crippen molar-refractivity contribution in [3.63, 3.8) is 0 Å². The zero-order valence-electron chi connectivity index (χ0n) is 15.5.